The molecule has 0 amide bonds. The van der Waals surface area contributed by atoms with E-state index in [1.807, 2.05) is 24.4 Å². The minimum Gasteiger partial charge on any atom is -0.395 e. The molecule has 15 heavy (non-hydrogen) atoms. The van der Waals surface area contributed by atoms with Crippen molar-refractivity contribution in [2.45, 2.75) is 6.54 Å². The highest BCUT2D eigenvalue weighted by molar-refractivity contribution is 5.84. The first-order valence-electron chi connectivity index (χ1n) is 5.06. The average molecular weight is 202 g/mol. The van der Waals surface area contributed by atoms with E-state index in [0.29, 0.717) is 13.1 Å². The zero-order valence-corrected chi connectivity index (χ0v) is 8.48. The van der Waals surface area contributed by atoms with Crippen molar-refractivity contribution in [2.24, 2.45) is 0 Å². The lowest BCUT2D eigenvalue weighted by Gasteiger charge is -2.05. The molecule has 1 aromatic carbocycles. The monoisotopic (exact) mass is 202 g/mol. The van der Waals surface area contributed by atoms with E-state index < -0.39 is 0 Å². The van der Waals surface area contributed by atoms with Crippen LogP contribution in [-0.2, 0) is 6.54 Å². The molecule has 0 saturated heterocycles. The highest BCUT2D eigenvalue weighted by Gasteiger charge is 2.00. The quantitative estimate of drug-likeness (QED) is 0.735. The number of pyridine rings is 1. The van der Waals surface area contributed by atoms with Crippen molar-refractivity contribution >= 4 is 10.8 Å². The number of aliphatic hydroxyl groups excluding tert-OH is 1. The number of aromatic nitrogens is 1. The largest absolute Gasteiger partial charge is 0.395 e. The molecule has 0 bridgehead atoms. The van der Waals surface area contributed by atoms with Gasteiger partial charge >= 0.3 is 0 Å². The van der Waals surface area contributed by atoms with Crippen LogP contribution in [0.5, 0.6) is 0 Å². The lowest BCUT2D eigenvalue weighted by molar-refractivity contribution is 0.292. The highest BCUT2D eigenvalue weighted by atomic mass is 16.3. The second-order valence-electron chi connectivity index (χ2n) is 3.38. The third-order valence-electron chi connectivity index (χ3n) is 2.34. The molecule has 0 aliphatic heterocycles. The molecule has 0 radical (unpaired) electrons. The first-order valence-corrected chi connectivity index (χ1v) is 5.06. The molecule has 2 N–H and O–H groups in total. The van der Waals surface area contributed by atoms with Crippen LogP contribution in [0.3, 0.4) is 0 Å². The number of benzene rings is 1. The van der Waals surface area contributed by atoms with Gasteiger partial charge in [0.2, 0.25) is 0 Å². The van der Waals surface area contributed by atoms with Gasteiger partial charge in [0.15, 0.2) is 0 Å². The fourth-order valence-corrected chi connectivity index (χ4v) is 1.61. The fourth-order valence-electron chi connectivity index (χ4n) is 1.61. The van der Waals surface area contributed by atoms with Gasteiger partial charge in [-0.3, -0.25) is 4.98 Å². The van der Waals surface area contributed by atoms with Crippen LogP contribution in [-0.4, -0.2) is 23.2 Å². The van der Waals surface area contributed by atoms with Gasteiger partial charge < -0.3 is 10.4 Å². The third-order valence-corrected chi connectivity index (χ3v) is 2.34. The molecule has 0 unspecified atom stereocenters. The van der Waals surface area contributed by atoms with E-state index >= 15 is 0 Å². The topological polar surface area (TPSA) is 45.1 Å². The summed E-state index contributed by atoms with van der Waals surface area (Å²) in [6, 6.07) is 10.2. The molecule has 0 aliphatic carbocycles. The normalized spacial score (nSPS) is 10.7. The van der Waals surface area contributed by atoms with E-state index in [4.69, 9.17) is 5.11 Å². The van der Waals surface area contributed by atoms with Crippen LogP contribution in [0.25, 0.3) is 10.8 Å². The van der Waals surface area contributed by atoms with Crippen molar-refractivity contribution in [2.75, 3.05) is 13.2 Å². The number of fused-ring (bicyclic) bond motifs is 1. The Morgan fingerprint density at radius 2 is 2.07 bits per heavy atom. The van der Waals surface area contributed by atoms with Gasteiger partial charge in [-0.25, -0.2) is 0 Å². The molecule has 3 heteroatoms. The van der Waals surface area contributed by atoms with Gasteiger partial charge in [0.05, 0.1) is 12.3 Å². The van der Waals surface area contributed by atoms with Crippen molar-refractivity contribution < 1.29 is 5.11 Å². The van der Waals surface area contributed by atoms with Gasteiger partial charge in [-0.15, -0.1) is 0 Å². The van der Waals surface area contributed by atoms with Gasteiger partial charge in [-0.2, -0.15) is 0 Å². The molecule has 2 rings (SSSR count). The van der Waals surface area contributed by atoms with Crippen LogP contribution in [0.15, 0.2) is 36.5 Å². The number of aliphatic hydroxyl groups is 1. The number of nitrogens with one attached hydrogen (secondary N) is 1. The molecular formula is C12H14N2O. The average Bonchev–Trinajstić information content (AvgIpc) is 2.30. The van der Waals surface area contributed by atoms with Gasteiger partial charge in [-0.05, 0) is 11.5 Å². The zero-order valence-electron chi connectivity index (χ0n) is 8.48. The van der Waals surface area contributed by atoms with E-state index in [1.165, 1.54) is 10.8 Å². The SMILES string of the molecule is OCCNCc1nccc2ccccc12. The van der Waals surface area contributed by atoms with Crippen LogP contribution >= 0.6 is 0 Å². The number of rotatable bonds is 4. The molecule has 1 aromatic heterocycles. The minimum absolute atomic E-state index is 0.158. The Hall–Kier alpha value is -1.45. The third kappa shape index (κ3) is 2.32. The summed E-state index contributed by atoms with van der Waals surface area (Å²) in [7, 11) is 0. The molecule has 0 spiro atoms. The minimum atomic E-state index is 0.158. The maximum atomic E-state index is 8.67. The fraction of sp³-hybridized carbons (Fsp3) is 0.250. The van der Waals surface area contributed by atoms with Crippen molar-refractivity contribution in [1.29, 1.82) is 0 Å². The summed E-state index contributed by atoms with van der Waals surface area (Å²) in [5, 5.41) is 14.2. The lowest BCUT2D eigenvalue weighted by atomic mass is 10.1. The van der Waals surface area contributed by atoms with Crippen LogP contribution in [0, 0.1) is 0 Å². The van der Waals surface area contributed by atoms with E-state index in [1.54, 1.807) is 0 Å². The highest BCUT2D eigenvalue weighted by Crippen LogP contribution is 2.15. The number of hydrogen-bond acceptors (Lipinski definition) is 3. The first-order chi connectivity index (χ1) is 7.42. The van der Waals surface area contributed by atoms with Crippen molar-refractivity contribution in [3.8, 4) is 0 Å². The Bertz CT molecular complexity index is 437. The van der Waals surface area contributed by atoms with Crippen molar-refractivity contribution in [3.05, 3.63) is 42.2 Å². The van der Waals surface area contributed by atoms with Crippen LogP contribution in [0.4, 0.5) is 0 Å². The summed E-state index contributed by atoms with van der Waals surface area (Å²) in [4.78, 5) is 4.33. The van der Waals surface area contributed by atoms with Crippen LogP contribution in [0.2, 0.25) is 0 Å². The maximum Gasteiger partial charge on any atom is 0.0619 e. The lowest BCUT2D eigenvalue weighted by Crippen LogP contribution is -2.18. The zero-order chi connectivity index (χ0) is 10.5. The van der Waals surface area contributed by atoms with E-state index in [9.17, 15) is 0 Å². The molecule has 0 atom stereocenters. The van der Waals surface area contributed by atoms with E-state index in [-0.39, 0.29) is 6.61 Å². The second kappa shape index (κ2) is 4.87. The molecule has 0 fully saturated rings. The summed E-state index contributed by atoms with van der Waals surface area (Å²) in [6.07, 6.45) is 1.82. The standard InChI is InChI=1S/C12H14N2O/c15-8-7-13-9-12-11-4-2-1-3-10(11)5-6-14-12/h1-6,13,15H,7-9H2. The Morgan fingerprint density at radius 1 is 1.20 bits per heavy atom. The summed E-state index contributed by atoms with van der Waals surface area (Å²) in [5.74, 6) is 0. The summed E-state index contributed by atoms with van der Waals surface area (Å²) in [6.45, 7) is 1.46. The molecule has 0 saturated carbocycles. The first kappa shape index (κ1) is 10.1. The van der Waals surface area contributed by atoms with Crippen molar-refractivity contribution in [1.82, 2.24) is 10.3 Å². The Morgan fingerprint density at radius 3 is 2.93 bits per heavy atom. The molecule has 3 nitrogen and oxygen atoms in total. The van der Waals surface area contributed by atoms with E-state index in [0.717, 1.165) is 5.69 Å². The molecule has 0 aliphatic rings. The Labute approximate surface area is 88.8 Å². The molecule has 1 heterocycles. The molecule has 2 aromatic rings. The van der Waals surface area contributed by atoms with E-state index in [2.05, 4.69) is 22.4 Å². The summed E-state index contributed by atoms with van der Waals surface area (Å²) >= 11 is 0. The number of hydrogen-bond donors (Lipinski definition) is 2. The maximum absolute atomic E-state index is 8.67. The van der Waals surface area contributed by atoms with Crippen molar-refractivity contribution in [3.63, 3.8) is 0 Å². The number of nitrogens with zero attached hydrogens (tertiary/aromatic N) is 1. The van der Waals surface area contributed by atoms with Gasteiger partial charge in [-0.1, -0.05) is 24.3 Å². The molecule has 78 valence electrons. The van der Waals surface area contributed by atoms with Gasteiger partial charge in [0, 0.05) is 24.7 Å². The van der Waals surface area contributed by atoms with Gasteiger partial charge in [0.1, 0.15) is 0 Å². The second-order valence-corrected chi connectivity index (χ2v) is 3.38. The predicted octanol–water partition coefficient (Wildman–Crippen LogP) is 1.32. The Kier molecular flexibility index (Phi) is 3.27. The molecular weight excluding hydrogens is 188 g/mol. The van der Waals surface area contributed by atoms with Crippen LogP contribution < -0.4 is 5.32 Å². The van der Waals surface area contributed by atoms with Crippen LogP contribution in [0.1, 0.15) is 5.69 Å². The smallest absolute Gasteiger partial charge is 0.0619 e. The summed E-state index contributed by atoms with van der Waals surface area (Å²) < 4.78 is 0. The predicted molar refractivity (Wildman–Crippen MR) is 60.5 cm³/mol. The summed E-state index contributed by atoms with van der Waals surface area (Å²) in [5.41, 5.74) is 1.03. The Balaban J connectivity index is 2.26. The van der Waals surface area contributed by atoms with Gasteiger partial charge in [0.25, 0.3) is 0 Å².